The number of thioether (sulfide) groups is 2. The van der Waals surface area contributed by atoms with Gasteiger partial charge >= 0.3 is 0 Å². The minimum absolute atomic E-state index is 0.0999. The number of aromatic nitrogens is 2. The van der Waals surface area contributed by atoms with E-state index in [9.17, 15) is 4.79 Å². The molecule has 1 aliphatic heterocycles. The molecule has 1 aromatic heterocycles. The van der Waals surface area contributed by atoms with Gasteiger partial charge in [-0.3, -0.25) is 4.79 Å². The number of Topliss-reactive ketones (excluding diaryl/α,β-unsaturated/α-hetero) is 1. The van der Waals surface area contributed by atoms with Gasteiger partial charge in [0, 0.05) is 35.5 Å². The van der Waals surface area contributed by atoms with Crippen LogP contribution < -0.4 is 0 Å². The van der Waals surface area contributed by atoms with Crippen molar-refractivity contribution >= 4 is 29.3 Å². The van der Waals surface area contributed by atoms with E-state index in [2.05, 4.69) is 17.1 Å². The molecule has 0 bridgehead atoms. The Bertz CT molecular complexity index is 477. The van der Waals surface area contributed by atoms with Crippen molar-refractivity contribution in [3.05, 3.63) is 11.7 Å². The standard InChI is InChI=1S/C14H20N2O2S2/c1-9-13(20-7-6-19-9)14-15-12(18-16-14)8-10-4-2-3-5-11(10)17/h9-10,13H,2-8H2,1H3. The van der Waals surface area contributed by atoms with Gasteiger partial charge in [-0.2, -0.15) is 16.7 Å². The van der Waals surface area contributed by atoms with Gasteiger partial charge in [-0.25, -0.2) is 0 Å². The number of rotatable bonds is 3. The average molecular weight is 312 g/mol. The van der Waals surface area contributed by atoms with E-state index in [1.54, 1.807) is 0 Å². The fraction of sp³-hybridized carbons (Fsp3) is 0.786. The highest BCUT2D eigenvalue weighted by Crippen LogP contribution is 2.41. The van der Waals surface area contributed by atoms with Crippen molar-refractivity contribution < 1.29 is 9.32 Å². The van der Waals surface area contributed by atoms with Gasteiger partial charge in [0.15, 0.2) is 5.82 Å². The van der Waals surface area contributed by atoms with Crippen LogP contribution in [0.4, 0.5) is 0 Å². The molecule has 3 rings (SSSR count). The largest absolute Gasteiger partial charge is 0.339 e. The Morgan fingerprint density at radius 3 is 2.95 bits per heavy atom. The van der Waals surface area contributed by atoms with Crippen molar-refractivity contribution in [3.8, 4) is 0 Å². The van der Waals surface area contributed by atoms with E-state index in [0.717, 1.165) is 37.3 Å². The molecule has 0 aromatic carbocycles. The molecule has 4 nitrogen and oxygen atoms in total. The van der Waals surface area contributed by atoms with Crippen molar-refractivity contribution in [2.45, 2.75) is 49.5 Å². The predicted molar refractivity (Wildman–Crippen MR) is 82.1 cm³/mol. The lowest BCUT2D eigenvalue weighted by molar-refractivity contribution is -0.124. The van der Waals surface area contributed by atoms with Gasteiger partial charge in [0.05, 0.1) is 5.25 Å². The van der Waals surface area contributed by atoms with Crippen LogP contribution in [0.1, 0.15) is 49.6 Å². The Morgan fingerprint density at radius 1 is 1.30 bits per heavy atom. The van der Waals surface area contributed by atoms with Crippen molar-refractivity contribution in [1.29, 1.82) is 0 Å². The third kappa shape index (κ3) is 3.22. The van der Waals surface area contributed by atoms with Gasteiger partial charge in [0.2, 0.25) is 5.89 Å². The second-order valence-corrected chi connectivity index (χ2v) is 8.26. The van der Waals surface area contributed by atoms with Crippen LogP contribution in [0, 0.1) is 5.92 Å². The second-order valence-electron chi connectivity index (χ2n) is 5.53. The molecule has 20 heavy (non-hydrogen) atoms. The molecular formula is C14H20N2O2S2. The first-order valence-electron chi connectivity index (χ1n) is 7.32. The van der Waals surface area contributed by atoms with Crippen LogP contribution in [0.25, 0.3) is 0 Å². The number of hydrogen-bond acceptors (Lipinski definition) is 6. The Morgan fingerprint density at radius 2 is 2.15 bits per heavy atom. The average Bonchev–Trinajstić information content (AvgIpc) is 2.90. The van der Waals surface area contributed by atoms with Crippen molar-refractivity contribution in [2.75, 3.05) is 11.5 Å². The van der Waals surface area contributed by atoms with Gasteiger partial charge in [-0.15, -0.1) is 11.8 Å². The van der Waals surface area contributed by atoms with E-state index in [0.29, 0.717) is 28.6 Å². The summed E-state index contributed by atoms with van der Waals surface area (Å²) in [5.74, 6) is 4.26. The Kier molecular flexibility index (Phi) is 4.71. The predicted octanol–water partition coefficient (Wildman–Crippen LogP) is 3.28. The highest BCUT2D eigenvalue weighted by atomic mass is 32.2. The molecule has 3 unspecified atom stereocenters. The summed E-state index contributed by atoms with van der Waals surface area (Å²) in [6, 6.07) is 0. The summed E-state index contributed by atoms with van der Waals surface area (Å²) in [6.45, 7) is 2.22. The number of nitrogens with zero attached hydrogens (tertiary/aromatic N) is 2. The van der Waals surface area contributed by atoms with Crippen LogP contribution in [-0.2, 0) is 11.2 Å². The van der Waals surface area contributed by atoms with Crippen LogP contribution in [0.3, 0.4) is 0 Å². The molecule has 0 radical (unpaired) electrons. The lowest BCUT2D eigenvalue weighted by Gasteiger charge is -2.24. The summed E-state index contributed by atoms with van der Waals surface area (Å²) >= 11 is 3.88. The van der Waals surface area contributed by atoms with Gasteiger partial charge in [0.1, 0.15) is 5.78 Å². The maximum Gasteiger partial charge on any atom is 0.227 e. The molecule has 1 aliphatic carbocycles. The molecular weight excluding hydrogens is 292 g/mol. The lowest BCUT2D eigenvalue weighted by Crippen LogP contribution is -2.21. The topological polar surface area (TPSA) is 56.0 Å². The molecule has 3 atom stereocenters. The first-order chi connectivity index (χ1) is 9.74. The molecule has 110 valence electrons. The van der Waals surface area contributed by atoms with Gasteiger partial charge in [-0.05, 0) is 12.8 Å². The van der Waals surface area contributed by atoms with Crippen LogP contribution in [0.5, 0.6) is 0 Å². The molecule has 0 amide bonds. The minimum Gasteiger partial charge on any atom is -0.339 e. The third-order valence-electron chi connectivity index (χ3n) is 4.03. The summed E-state index contributed by atoms with van der Waals surface area (Å²) in [6.07, 6.45) is 4.50. The maximum absolute atomic E-state index is 11.9. The molecule has 2 heterocycles. The lowest BCUT2D eigenvalue weighted by atomic mass is 9.86. The first-order valence-corrected chi connectivity index (χ1v) is 9.42. The zero-order chi connectivity index (χ0) is 13.9. The van der Waals surface area contributed by atoms with Gasteiger partial charge < -0.3 is 4.52 Å². The number of ketones is 1. The zero-order valence-corrected chi connectivity index (χ0v) is 13.3. The Hall–Kier alpha value is -0.490. The monoisotopic (exact) mass is 312 g/mol. The summed E-state index contributed by atoms with van der Waals surface area (Å²) in [5, 5.41) is 5.00. The maximum atomic E-state index is 11.9. The third-order valence-corrected chi connectivity index (χ3v) is 7.11. The van der Waals surface area contributed by atoms with E-state index in [4.69, 9.17) is 4.52 Å². The molecule has 6 heteroatoms. The van der Waals surface area contributed by atoms with Crippen LogP contribution >= 0.6 is 23.5 Å². The van der Waals surface area contributed by atoms with Crippen molar-refractivity contribution in [3.63, 3.8) is 0 Å². The molecule has 1 aromatic rings. The summed E-state index contributed by atoms with van der Waals surface area (Å²) in [5.41, 5.74) is 0. The SMILES string of the molecule is CC1SCCSC1c1noc(CC2CCCCC2=O)n1. The minimum atomic E-state index is 0.0999. The number of carbonyl (C=O) groups excluding carboxylic acids is 1. The van der Waals surface area contributed by atoms with Crippen LogP contribution in [0.15, 0.2) is 4.52 Å². The smallest absolute Gasteiger partial charge is 0.227 e. The van der Waals surface area contributed by atoms with E-state index in [1.807, 2.05) is 23.5 Å². The molecule has 1 saturated heterocycles. The fourth-order valence-electron chi connectivity index (χ4n) is 2.86. The molecule has 0 spiro atoms. The summed E-state index contributed by atoms with van der Waals surface area (Å²) < 4.78 is 5.38. The van der Waals surface area contributed by atoms with Gasteiger partial charge in [0.25, 0.3) is 0 Å². The first kappa shape index (κ1) is 14.4. The Balaban J connectivity index is 1.65. The van der Waals surface area contributed by atoms with Crippen molar-refractivity contribution in [1.82, 2.24) is 10.1 Å². The fourth-order valence-corrected chi connectivity index (χ4v) is 5.54. The molecule has 2 fully saturated rings. The van der Waals surface area contributed by atoms with E-state index >= 15 is 0 Å². The van der Waals surface area contributed by atoms with E-state index in [-0.39, 0.29) is 5.92 Å². The number of hydrogen-bond donors (Lipinski definition) is 0. The highest BCUT2D eigenvalue weighted by molar-refractivity contribution is 8.06. The molecule has 0 N–H and O–H groups in total. The number of carbonyl (C=O) groups is 1. The Labute approximate surface area is 127 Å². The van der Waals surface area contributed by atoms with E-state index in [1.165, 1.54) is 5.75 Å². The second kappa shape index (κ2) is 6.52. The van der Waals surface area contributed by atoms with E-state index < -0.39 is 0 Å². The highest BCUT2D eigenvalue weighted by Gasteiger charge is 2.30. The molecule has 1 saturated carbocycles. The van der Waals surface area contributed by atoms with Gasteiger partial charge in [-0.1, -0.05) is 18.5 Å². The van der Waals surface area contributed by atoms with Crippen LogP contribution in [-0.4, -0.2) is 32.7 Å². The van der Waals surface area contributed by atoms with Crippen molar-refractivity contribution in [2.24, 2.45) is 5.92 Å². The zero-order valence-electron chi connectivity index (χ0n) is 11.7. The quantitative estimate of drug-likeness (QED) is 0.853. The van der Waals surface area contributed by atoms with Crippen LogP contribution in [0.2, 0.25) is 0 Å². The normalized spacial score (nSPS) is 31.4. The molecule has 2 aliphatic rings. The summed E-state index contributed by atoms with van der Waals surface area (Å²) in [4.78, 5) is 16.4. The summed E-state index contributed by atoms with van der Waals surface area (Å²) in [7, 11) is 0.